The molecule has 4 heterocycles. The molecule has 4 bridgehead atoms. The van der Waals surface area contributed by atoms with Crippen molar-refractivity contribution in [3.05, 3.63) is 247 Å². The van der Waals surface area contributed by atoms with Crippen LogP contribution in [-0.2, 0) is 74.3 Å². The molecule has 10 heteroatoms. The van der Waals surface area contributed by atoms with E-state index in [2.05, 4.69) is 174 Å². The van der Waals surface area contributed by atoms with Crippen molar-refractivity contribution < 1.29 is 99.2 Å². The number of hydrogen-bond acceptors (Lipinski definition) is 0. The summed E-state index contributed by atoms with van der Waals surface area (Å²) in [5.41, 5.74) is 4.78. The van der Waals surface area contributed by atoms with E-state index < -0.39 is 30.4 Å². The van der Waals surface area contributed by atoms with Crippen LogP contribution in [-0.4, -0.2) is 48.3 Å². The maximum absolute atomic E-state index is 2.60. The molecule has 394 valence electrons. The van der Waals surface area contributed by atoms with Gasteiger partial charge in [-0.15, -0.1) is 0 Å². The van der Waals surface area contributed by atoms with Crippen molar-refractivity contribution in [1.82, 2.24) is 0 Å². The predicted octanol–water partition coefficient (Wildman–Crippen LogP) is 8.97. The van der Waals surface area contributed by atoms with E-state index in [0.717, 1.165) is 23.2 Å². The van der Waals surface area contributed by atoms with Gasteiger partial charge in [-0.1, -0.05) is 121 Å². The Hall–Kier alpha value is 1.52. The molecule has 4 aliphatic carbocycles. The Balaban J connectivity index is 0.000000306. The molecule has 4 aliphatic heterocycles. The number of fused-ring (bicyclic) bond motifs is 4. The maximum Gasteiger partial charge on any atom is 2.00 e. The first kappa shape index (κ1) is 69.8. The summed E-state index contributed by atoms with van der Waals surface area (Å²) in [4.78, 5) is 0. The average Bonchev–Trinajstić information content (AvgIpc) is 4.27. The van der Waals surface area contributed by atoms with Crippen LogP contribution in [0, 0.1) is 138 Å². The Kier molecular flexibility index (Phi) is 34.1. The van der Waals surface area contributed by atoms with Gasteiger partial charge >= 0.3 is 34.1 Å². The van der Waals surface area contributed by atoms with Gasteiger partial charge in [0, 0.05) is 77.9 Å². The van der Waals surface area contributed by atoms with Crippen molar-refractivity contribution in [2.45, 2.75) is 76.5 Å². The molecule has 0 N–H and O–H groups in total. The van der Waals surface area contributed by atoms with Crippen LogP contribution in [0.2, 0.25) is 0 Å². The van der Waals surface area contributed by atoms with Gasteiger partial charge in [-0.05, 0) is 217 Å². The van der Waals surface area contributed by atoms with Crippen molar-refractivity contribution in [3.63, 3.8) is 0 Å². The largest absolute Gasteiger partial charge is 2.00 e. The molecule has 4 saturated carbocycles. The van der Waals surface area contributed by atoms with Crippen molar-refractivity contribution in [3.8, 4) is 0 Å². The first-order valence-electron chi connectivity index (χ1n) is 25.9. The van der Waals surface area contributed by atoms with E-state index in [4.69, 9.17) is 0 Å². The summed E-state index contributed by atoms with van der Waals surface area (Å²) in [5, 5.41) is 5.92. The molecule has 22 radical (unpaired) electrons. The number of benzene rings is 4. The topological polar surface area (TPSA) is 0 Å². The van der Waals surface area contributed by atoms with E-state index >= 15 is 0 Å². The SMILES string of the molecule is CC([C]1[CH][CH][CH][C]1P(c1ccccc1)c1ccccc1)[P+]12CCCC(CCC1)C2.CC([C]1[CH][CH][CH][C]1P(c1ccccc1)c1ccccc1)[P+]12CCCC(CCC1)C2.[CH]1[CH][CH][CH][CH]1.[CH]1[CH][CH][CH][CH]1.[Cl-].[Cl-].[Fe+2].[Fe+2].[Ir].[Ir]. The molecule has 4 aromatic rings. The van der Waals surface area contributed by atoms with Gasteiger partial charge in [0.2, 0.25) is 0 Å². The second kappa shape index (κ2) is 36.2. The smallest absolute Gasteiger partial charge is 1.00 e. The maximum atomic E-state index is 2.60. The summed E-state index contributed by atoms with van der Waals surface area (Å²) in [6.45, 7) is 5.20. The van der Waals surface area contributed by atoms with Crippen LogP contribution >= 0.6 is 30.4 Å². The number of halogens is 2. The van der Waals surface area contributed by atoms with Crippen LogP contribution in [0.15, 0.2) is 121 Å². The summed E-state index contributed by atoms with van der Waals surface area (Å²) in [7, 11) is -2.69. The Labute approximate surface area is 518 Å². The van der Waals surface area contributed by atoms with Gasteiger partial charge in [0.05, 0.1) is 48.3 Å². The molecule has 2 unspecified atom stereocenters. The average molecular weight is 1530 g/mol. The van der Waals surface area contributed by atoms with E-state index in [1.54, 1.807) is 60.1 Å². The van der Waals surface area contributed by atoms with E-state index in [-0.39, 0.29) is 99.2 Å². The number of rotatable bonds is 10. The molecule has 4 aromatic carbocycles. The standard InChI is InChI=1S/2C27H32P2.2C5H5.2ClH.2Fe.2Ir/c2*1-22(29-19-9-11-23(21-29)12-10-20-29)26-17-8-18-27(26)28(24-13-4-2-5-14-24)25-15-6-3-7-16-25;2*1-2-4-5-3-1;;;;;;/h2*2-8,13-18,22-23H,9-12,19-21H2,1H3;2*1-5H;2*1H;;;;/q2*+1;;;;;2*+2;;/p-2. The fourth-order valence-corrected chi connectivity index (χ4v) is 28.8. The molecule has 12 rings (SSSR count). The first-order chi connectivity index (χ1) is 33.5. The normalized spacial score (nSPS) is 26.2. The molecular weight excluding hydrogens is 1460 g/mol. The van der Waals surface area contributed by atoms with E-state index in [1.807, 2.05) is 64.2 Å². The quantitative estimate of drug-likeness (QED) is 0.110. The summed E-state index contributed by atoms with van der Waals surface area (Å²) in [5.74, 6) is 5.44. The van der Waals surface area contributed by atoms with Gasteiger partial charge in [-0.3, -0.25) is 0 Å². The van der Waals surface area contributed by atoms with Gasteiger partial charge in [0.15, 0.2) is 0 Å². The summed E-state index contributed by atoms with van der Waals surface area (Å²) >= 11 is 0. The van der Waals surface area contributed by atoms with Crippen molar-refractivity contribution in [2.75, 3.05) is 37.0 Å². The van der Waals surface area contributed by atoms with Crippen LogP contribution in [0.4, 0.5) is 0 Å². The fraction of sp³-hybridized carbons (Fsp3) is 0.312. The zero-order valence-electron chi connectivity index (χ0n) is 42.9. The third-order valence-electron chi connectivity index (χ3n) is 16.0. The zero-order chi connectivity index (χ0) is 46.4. The van der Waals surface area contributed by atoms with Crippen LogP contribution in [0.1, 0.15) is 65.2 Å². The van der Waals surface area contributed by atoms with Crippen molar-refractivity contribution in [2.24, 2.45) is 11.8 Å². The van der Waals surface area contributed by atoms with Crippen molar-refractivity contribution >= 4 is 51.6 Å². The minimum absolute atomic E-state index is 0. The Morgan fingerprint density at radius 1 is 0.365 bits per heavy atom. The van der Waals surface area contributed by atoms with E-state index in [9.17, 15) is 0 Å². The predicted molar refractivity (Wildman–Crippen MR) is 306 cm³/mol. The Morgan fingerprint density at radius 3 is 0.851 bits per heavy atom. The second-order valence-corrected chi connectivity index (χ2v) is 33.3. The molecular formula is C64H74Cl2Fe2Ir2P4+4. The van der Waals surface area contributed by atoms with Crippen molar-refractivity contribution in [1.29, 1.82) is 0 Å². The zero-order valence-corrected chi connectivity index (χ0v) is 55.0. The van der Waals surface area contributed by atoms with Gasteiger partial charge in [0.1, 0.15) is 0 Å². The van der Waals surface area contributed by atoms with E-state index in [0.29, 0.717) is 0 Å². The van der Waals surface area contributed by atoms with Gasteiger partial charge < -0.3 is 24.8 Å². The van der Waals surface area contributed by atoms with Gasteiger partial charge in [0.25, 0.3) is 0 Å². The summed E-state index contributed by atoms with van der Waals surface area (Å²) in [6.07, 6.45) is 55.8. The molecule has 8 aliphatic rings. The molecule has 0 amide bonds. The fourth-order valence-electron chi connectivity index (χ4n) is 12.5. The third kappa shape index (κ3) is 18.3. The Morgan fingerprint density at radius 2 is 0.608 bits per heavy atom. The molecule has 74 heavy (non-hydrogen) atoms. The molecule has 0 spiro atoms. The first-order valence-corrected chi connectivity index (χ1v) is 33.4. The Bertz CT molecular complexity index is 1790. The summed E-state index contributed by atoms with van der Waals surface area (Å²) in [6, 6.07) is 44.9. The molecule has 8 fully saturated rings. The van der Waals surface area contributed by atoms with Crippen LogP contribution in [0.3, 0.4) is 0 Å². The molecule has 4 saturated heterocycles. The van der Waals surface area contributed by atoms with Gasteiger partial charge in [-0.25, -0.2) is 0 Å². The third-order valence-corrected chi connectivity index (χ3v) is 32.1. The van der Waals surface area contributed by atoms with Crippen LogP contribution < -0.4 is 46.0 Å². The molecule has 0 nitrogen and oxygen atoms in total. The summed E-state index contributed by atoms with van der Waals surface area (Å²) < 4.78 is 0. The van der Waals surface area contributed by atoms with Gasteiger partial charge in [-0.2, -0.15) is 0 Å². The minimum atomic E-state index is -0.860. The molecule has 2 atom stereocenters. The van der Waals surface area contributed by atoms with Crippen LogP contribution in [0.25, 0.3) is 0 Å². The molecule has 0 aromatic heterocycles. The monoisotopic (exact) mass is 1530 g/mol. The second-order valence-electron chi connectivity index (χ2n) is 20.0. The minimum Gasteiger partial charge on any atom is -1.00 e. The van der Waals surface area contributed by atoms with E-state index in [1.165, 1.54) is 72.6 Å². The van der Waals surface area contributed by atoms with Crippen LogP contribution in [0.5, 0.6) is 0 Å². The number of hydrogen-bond donors (Lipinski definition) is 0.